The van der Waals surface area contributed by atoms with Gasteiger partial charge in [0.05, 0.1) is 24.4 Å². The third-order valence-corrected chi connectivity index (χ3v) is 3.78. The van der Waals surface area contributed by atoms with Crippen LogP contribution in [0.2, 0.25) is 0 Å². The summed E-state index contributed by atoms with van der Waals surface area (Å²) in [6.07, 6.45) is 4.98. The Balaban J connectivity index is 2.08. The number of nitrogens with zero attached hydrogens (tertiary/aromatic N) is 2. The highest BCUT2D eigenvalue weighted by Crippen LogP contribution is 2.28. The Labute approximate surface area is 117 Å². The van der Waals surface area contributed by atoms with E-state index in [2.05, 4.69) is 5.10 Å². The van der Waals surface area contributed by atoms with Crippen LogP contribution in [-0.2, 0) is 9.47 Å². The van der Waals surface area contributed by atoms with Gasteiger partial charge in [-0.2, -0.15) is 5.10 Å². The zero-order chi connectivity index (χ0) is 14.1. The molecule has 1 aromatic heterocycles. The Morgan fingerprint density at radius 2 is 2.30 bits per heavy atom. The van der Waals surface area contributed by atoms with Crippen molar-refractivity contribution in [3.05, 3.63) is 29.5 Å². The summed E-state index contributed by atoms with van der Waals surface area (Å²) in [5.74, 6) is -0.318. The highest BCUT2D eigenvalue weighted by molar-refractivity contribution is 5.96. The van der Waals surface area contributed by atoms with Gasteiger partial charge in [-0.25, -0.2) is 9.48 Å². The molecule has 0 radical (unpaired) electrons. The molecule has 20 heavy (non-hydrogen) atoms. The molecule has 1 unspecified atom stereocenters. The topological polar surface area (TPSA) is 53.3 Å². The van der Waals surface area contributed by atoms with Crippen LogP contribution < -0.4 is 0 Å². The van der Waals surface area contributed by atoms with Crippen LogP contribution in [0.3, 0.4) is 0 Å². The van der Waals surface area contributed by atoms with Gasteiger partial charge in [-0.15, -0.1) is 0 Å². The molecule has 5 heteroatoms. The molecule has 1 aliphatic heterocycles. The molecule has 1 saturated heterocycles. The third kappa shape index (κ3) is 2.18. The maximum Gasteiger partial charge on any atom is 0.338 e. The molecule has 0 saturated carbocycles. The maximum absolute atomic E-state index is 11.8. The molecule has 5 nitrogen and oxygen atoms in total. The maximum atomic E-state index is 11.8. The predicted molar refractivity (Wildman–Crippen MR) is 74.6 cm³/mol. The Hall–Kier alpha value is -1.88. The van der Waals surface area contributed by atoms with Gasteiger partial charge < -0.3 is 9.47 Å². The van der Waals surface area contributed by atoms with E-state index in [1.165, 1.54) is 7.11 Å². The number of ether oxygens (including phenoxy) is 2. The van der Waals surface area contributed by atoms with Crippen molar-refractivity contribution in [1.29, 1.82) is 0 Å². The fourth-order valence-corrected chi connectivity index (χ4v) is 2.68. The van der Waals surface area contributed by atoms with Gasteiger partial charge in [0.2, 0.25) is 0 Å². The van der Waals surface area contributed by atoms with E-state index < -0.39 is 0 Å². The largest absolute Gasteiger partial charge is 0.465 e. The van der Waals surface area contributed by atoms with E-state index in [1.807, 2.05) is 29.9 Å². The summed E-state index contributed by atoms with van der Waals surface area (Å²) >= 11 is 0. The Morgan fingerprint density at radius 3 is 3.00 bits per heavy atom. The van der Waals surface area contributed by atoms with E-state index in [9.17, 15) is 4.79 Å². The summed E-state index contributed by atoms with van der Waals surface area (Å²) in [4.78, 5) is 11.8. The normalized spacial score (nSPS) is 19.2. The minimum absolute atomic E-state index is 0.0329. The van der Waals surface area contributed by atoms with Gasteiger partial charge in [-0.3, -0.25) is 0 Å². The summed E-state index contributed by atoms with van der Waals surface area (Å²) in [6.45, 7) is 2.67. The molecular weight excluding hydrogens is 256 g/mol. The molecular formula is C15H18N2O3. The minimum atomic E-state index is -0.318. The molecule has 1 aliphatic rings. The van der Waals surface area contributed by atoms with Crippen molar-refractivity contribution >= 4 is 16.9 Å². The van der Waals surface area contributed by atoms with Crippen molar-refractivity contribution < 1.29 is 14.3 Å². The summed E-state index contributed by atoms with van der Waals surface area (Å²) in [6, 6.07) is 3.81. The predicted octanol–water partition coefficient (Wildman–Crippen LogP) is 2.83. The van der Waals surface area contributed by atoms with Crippen molar-refractivity contribution in [2.24, 2.45) is 0 Å². The van der Waals surface area contributed by atoms with Gasteiger partial charge in [0.25, 0.3) is 0 Å². The van der Waals surface area contributed by atoms with E-state index in [0.29, 0.717) is 5.56 Å². The fourth-order valence-electron chi connectivity index (χ4n) is 2.68. The van der Waals surface area contributed by atoms with Crippen molar-refractivity contribution in [1.82, 2.24) is 9.78 Å². The molecule has 106 valence electrons. The zero-order valence-corrected chi connectivity index (χ0v) is 11.8. The fraction of sp³-hybridized carbons (Fsp3) is 0.467. The number of esters is 1. The first kappa shape index (κ1) is 13.1. The summed E-state index contributed by atoms with van der Waals surface area (Å²) in [5, 5.41) is 5.44. The number of hydrogen-bond donors (Lipinski definition) is 0. The lowest BCUT2D eigenvalue weighted by molar-refractivity contribution is -0.0366. The molecule has 2 heterocycles. The highest BCUT2D eigenvalue weighted by atomic mass is 16.5. The molecule has 0 amide bonds. The lowest BCUT2D eigenvalue weighted by Gasteiger charge is -2.23. The lowest BCUT2D eigenvalue weighted by atomic mass is 10.1. The SMILES string of the molecule is COC(=O)c1cc2c(cnn2C2CCCCO2)cc1C. The van der Waals surface area contributed by atoms with Crippen LogP contribution in [-0.4, -0.2) is 29.5 Å². The van der Waals surface area contributed by atoms with Gasteiger partial charge in [0.1, 0.15) is 0 Å². The number of benzene rings is 1. The standard InChI is InChI=1S/C15H18N2O3/c1-10-7-11-9-16-17(14-5-3-4-6-20-14)13(11)8-12(10)15(18)19-2/h7-9,14H,3-6H2,1-2H3. The van der Waals surface area contributed by atoms with Crippen molar-refractivity contribution in [2.75, 3.05) is 13.7 Å². The lowest BCUT2D eigenvalue weighted by Crippen LogP contribution is -2.19. The van der Waals surface area contributed by atoms with E-state index >= 15 is 0 Å². The molecule has 0 N–H and O–H groups in total. The van der Waals surface area contributed by atoms with Crippen molar-refractivity contribution in [3.8, 4) is 0 Å². The Bertz CT molecular complexity index is 642. The second-order valence-corrected chi connectivity index (χ2v) is 5.13. The monoisotopic (exact) mass is 274 g/mol. The molecule has 1 aromatic carbocycles. The number of hydrogen-bond acceptors (Lipinski definition) is 4. The number of carbonyl (C=O) groups is 1. The van der Waals surface area contributed by atoms with Crippen molar-refractivity contribution in [3.63, 3.8) is 0 Å². The first-order valence-electron chi connectivity index (χ1n) is 6.88. The van der Waals surface area contributed by atoms with Gasteiger partial charge in [-0.05, 0) is 43.9 Å². The smallest absolute Gasteiger partial charge is 0.338 e. The Kier molecular flexibility index (Phi) is 3.44. The van der Waals surface area contributed by atoms with E-state index in [4.69, 9.17) is 9.47 Å². The number of rotatable bonds is 2. The van der Waals surface area contributed by atoms with Gasteiger partial charge in [0.15, 0.2) is 6.23 Å². The number of fused-ring (bicyclic) bond motifs is 1. The quantitative estimate of drug-likeness (QED) is 0.790. The summed E-state index contributed by atoms with van der Waals surface area (Å²) < 4.78 is 12.5. The van der Waals surface area contributed by atoms with Crippen LogP contribution >= 0.6 is 0 Å². The first-order valence-corrected chi connectivity index (χ1v) is 6.88. The highest BCUT2D eigenvalue weighted by Gasteiger charge is 2.20. The average Bonchev–Trinajstić information content (AvgIpc) is 2.89. The van der Waals surface area contributed by atoms with Crippen LogP contribution in [0.1, 0.15) is 41.4 Å². The molecule has 2 aromatic rings. The average molecular weight is 274 g/mol. The second-order valence-electron chi connectivity index (χ2n) is 5.13. The number of methoxy groups -OCH3 is 1. The minimum Gasteiger partial charge on any atom is -0.465 e. The summed E-state index contributed by atoms with van der Waals surface area (Å²) in [5.41, 5.74) is 2.40. The molecule has 3 rings (SSSR count). The van der Waals surface area contributed by atoms with Crippen LogP contribution in [0, 0.1) is 6.92 Å². The molecule has 0 bridgehead atoms. The van der Waals surface area contributed by atoms with E-state index in [-0.39, 0.29) is 12.2 Å². The molecule has 0 aliphatic carbocycles. The van der Waals surface area contributed by atoms with Gasteiger partial charge in [-0.1, -0.05) is 0 Å². The Morgan fingerprint density at radius 1 is 1.45 bits per heavy atom. The van der Waals surface area contributed by atoms with Gasteiger partial charge in [0, 0.05) is 12.0 Å². The second kappa shape index (κ2) is 5.25. The number of carbonyl (C=O) groups excluding carboxylic acids is 1. The molecule has 0 spiro atoms. The van der Waals surface area contributed by atoms with Crippen molar-refractivity contribution in [2.45, 2.75) is 32.4 Å². The summed E-state index contributed by atoms with van der Waals surface area (Å²) in [7, 11) is 1.40. The van der Waals surface area contributed by atoms with Crippen LogP contribution in [0.25, 0.3) is 10.9 Å². The van der Waals surface area contributed by atoms with E-state index in [1.54, 1.807) is 0 Å². The first-order chi connectivity index (χ1) is 9.70. The van der Waals surface area contributed by atoms with E-state index in [0.717, 1.165) is 42.3 Å². The van der Waals surface area contributed by atoms with Crippen LogP contribution in [0.4, 0.5) is 0 Å². The zero-order valence-electron chi connectivity index (χ0n) is 11.8. The number of aryl methyl sites for hydroxylation is 1. The van der Waals surface area contributed by atoms with Crippen LogP contribution in [0.15, 0.2) is 18.3 Å². The third-order valence-electron chi connectivity index (χ3n) is 3.78. The number of aromatic nitrogens is 2. The molecule has 1 atom stereocenters. The van der Waals surface area contributed by atoms with Gasteiger partial charge >= 0.3 is 5.97 Å². The molecule has 1 fully saturated rings. The van der Waals surface area contributed by atoms with Crippen LogP contribution in [0.5, 0.6) is 0 Å².